The zero-order valence-corrected chi connectivity index (χ0v) is 13.1. The molecule has 2 saturated carbocycles. The summed E-state index contributed by atoms with van der Waals surface area (Å²) in [5.74, 6) is 1.60. The van der Waals surface area contributed by atoms with Crippen LogP contribution >= 0.6 is 11.3 Å². The summed E-state index contributed by atoms with van der Waals surface area (Å²) < 4.78 is 0. The molecule has 0 unspecified atom stereocenters. The topological polar surface area (TPSA) is 45.2 Å². The molecule has 1 aromatic heterocycles. The maximum Gasteiger partial charge on any atom is 0.270 e. The third-order valence-corrected chi connectivity index (χ3v) is 5.47. The highest BCUT2D eigenvalue weighted by Gasteiger charge is 2.39. The van der Waals surface area contributed by atoms with Crippen LogP contribution in [-0.2, 0) is 6.54 Å². The summed E-state index contributed by atoms with van der Waals surface area (Å²) in [6.07, 6.45) is 6.43. The lowest BCUT2D eigenvalue weighted by molar-refractivity contribution is 0.0921. The summed E-state index contributed by atoms with van der Waals surface area (Å²) in [4.78, 5) is 18.8. The second kappa shape index (κ2) is 5.82. The molecule has 0 bridgehead atoms. The number of nitrogens with zero attached hydrogens (tertiary/aromatic N) is 2. The summed E-state index contributed by atoms with van der Waals surface area (Å²) in [6.45, 7) is 0.798. The van der Waals surface area contributed by atoms with Gasteiger partial charge >= 0.3 is 0 Å². The molecule has 2 fully saturated rings. The van der Waals surface area contributed by atoms with E-state index in [0.29, 0.717) is 11.7 Å². The molecule has 0 radical (unpaired) electrons. The number of rotatable bonds is 4. The van der Waals surface area contributed by atoms with Gasteiger partial charge in [-0.05, 0) is 45.2 Å². The lowest BCUT2D eigenvalue weighted by atomic mass is 9.97. The van der Waals surface area contributed by atoms with E-state index in [2.05, 4.69) is 15.2 Å². The fourth-order valence-corrected chi connectivity index (χ4v) is 4.63. The molecule has 2 aliphatic carbocycles. The van der Waals surface area contributed by atoms with Crippen LogP contribution in [0.5, 0.6) is 0 Å². The van der Waals surface area contributed by atoms with Gasteiger partial charge in [0.2, 0.25) is 0 Å². The molecule has 1 amide bonds. The highest BCUT2D eigenvalue weighted by atomic mass is 32.1. The van der Waals surface area contributed by atoms with Crippen molar-refractivity contribution in [1.29, 1.82) is 0 Å². The molecule has 0 spiro atoms. The van der Waals surface area contributed by atoms with Gasteiger partial charge in [-0.25, -0.2) is 4.98 Å². The van der Waals surface area contributed by atoms with Crippen molar-refractivity contribution in [2.45, 2.75) is 44.7 Å². The average molecular weight is 293 g/mol. The average Bonchev–Trinajstić information content (AvgIpc) is 3.06. The van der Waals surface area contributed by atoms with Crippen molar-refractivity contribution in [3.63, 3.8) is 0 Å². The molecule has 0 aromatic carbocycles. The Morgan fingerprint density at radius 2 is 2.25 bits per heavy atom. The molecule has 5 heteroatoms. The number of amides is 1. The van der Waals surface area contributed by atoms with Gasteiger partial charge in [-0.15, -0.1) is 11.3 Å². The van der Waals surface area contributed by atoms with Crippen LogP contribution in [0.15, 0.2) is 5.38 Å². The zero-order chi connectivity index (χ0) is 14.1. The number of aromatic nitrogens is 1. The molecule has 0 saturated heterocycles. The maximum absolute atomic E-state index is 12.3. The molecule has 2 aliphatic rings. The number of fused-ring (bicyclic) bond motifs is 1. The largest absolute Gasteiger partial charge is 0.348 e. The predicted molar refractivity (Wildman–Crippen MR) is 80.8 cm³/mol. The predicted octanol–water partition coefficient (Wildman–Crippen LogP) is 2.51. The maximum atomic E-state index is 12.3. The van der Waals surface area contributed by atoms with Gasteiger partial charge in [0.15, 0.2) is 0 Å². The smallest absolute Gasteiger partial charge is 0.270 e. The van der Waals surface area contributed by atoms with Crippen molar-refractivity contribution < 1.29 is 4.79 Å². The Bertz CT molecular complexity index is 485. The minimum Gasteiger partial charge on any atom is -0.348 e. The van der Waals surface area contributed by atoms with Gasteiger partial charge in [-0.1, -0.05) is 12.8 Å². The normalized spacial score (nSPS) is 28.9. The van der Waals surface area contributed by atoms with Gasteiger partial charge in [-0.3, -0.25) is 4.79 Å². The van der Waals surface area contributed by atoms with E-state index in [1.54, 1.807) is 11.3 Å². The van der Waals surface area contributed by atoms with Gasteiger partial charge in [0.1, 0.15) is 10.7 Å². The Kier molecular flexibility index (Phi) is 4.08. The van der Waals surface area contributed by atoms with E-state index in [1.165, 1.54) is 25.7 Å². The molecular weight excluding hydrogens is 270 g/mol. The number of thiazole rings is 1. The molecular formula is C15H23N3OS. The van der Waals surface area contributed by atoms with Crippen LogP contribution in [0.4, 0.5) is 0 Å². The summed E-state index contributed by atoms with van der Waals surface area (Å²) in [6, 6.07) is 0.383. The number of carbonyl (C=O) groups excluding carboxylic acids is 1. The zero-order valence-electron chi connectivity index (χ0n) is 12.3. The molecule has 20 heavy (non-hydrogen) atoms. The Morgan fingerprint density at radius 1 is 1.40 bits per heavy atom. The van der Waals surface area contributed by atoms with Crippen LogP contribution in [0.1, 0.15) is 47.6 Å². The van der Waals surface area contributed by atoms with E-state index in [-0.39, 0.29) is 5.91 Å². The molecule has 1 N–H and O–H groups in total. The first-order valence-electron chi connectivity index (χ1n) is 7.53. The standard InChI is InChI=1S/C15H23N3OS/c1-18(2)8-14-16-13(9-20-14)15(19)17-12-7-6-10-4-3-5-11(10)12/h9-12H,3-8H2,1-2H3,(H,17,19)/t10-,11-,12-/m0/s1. The van der Waals surface area contributed by atoms with E-state index in [4.69, 9.17) is 0 Å². The van der Waals surface area contributed by atoms with Crippen LogP contribution in [0.2, 0.25) is 0 Å². The summed E-state index contributed by atoms with van der Waals surface area (Å²) >= 11 is 1.57. The Hall–Kier alpha value is -0.940. The highest BCUT2D eigenvalue weighted by molar-refractivity contribution is 7.09. The molecule has 0 aliphatic heterocycles. The van der Waals surface area contributed by atoms with Crippen LogP contribution in [-0.4, -0.2) is 35.9 Å². The lowest BCUT2D eigenvalue weighted by Crippen LogP contribution is -2.37. The van der Waals surface area contributed by atoms with E-state index >= 15 is 0 Å². The Morgan fingerprint density at radius 3 is 3.05 bits per heavy atom. The van der Waals surface area contributed by atoms with E-state index in [1.807, 2.05) is 19.5 Å². The van der Waals surface area contributed by atoms with Crippen molar-refractivity contribution in [1.82, 2.24) is 15.2 Å². The number of carbonyl (C=O) groups is 1. The first-order chi connectivity index (χ1) is 9.63. The summed E-state index contributed by atoms with van der Waals surface area (Å²) in [5, 5.41) is 6.11. The van der Waals surface area contributed by atoms with Crippen molar-refractivity contribution in [3.8, 4) is 0 Å². The second-order valence-electron chi connectivity index (χ2n) is 6.38. The van der Waals surface area contributed by atoms with Gasteiger partial charge in [-0.2, -0.15) is 0 Å². The van der Waals surface area contributed by atoms with E-state index in [0.717, 1.165) is 29.8 Å². The van der Waals surface area contributed by atoms with E-state index < -0.39 is 0 Å². The fraction of sp³-hybridized carbons (Fsp3) is 0.733. The van der Waals surface area contributed by atoms with Crippen molar-refractivity contribution in [2.24, 2.45) is 11.8 Å². The molecule has 3 atom stereocenters. The molecule has 4 nitrogen and oxygen atoms in total. The van der Waals surface area contributed by atoms with Crippen molar-refractivity contribution in [3.05, 3.63) is 16.1 Å². The minimum atomic E-state index is 0.0174. The summed E-state index contributed by atoms with van der Waals surface area (Å²) in [5.41, 5.74) is 0.591. The van der Waals surface area contributed by atoms with Gasteiger partial charge in [0, 0.05) is 18.0 Å². The van der Waals surface area contributed by atoms with Crippen LogP contribution in [0, 0.1) is 11.8 Å². The van der Waals surface area contributed by atoms with Gasteiger partial charge < -0.3 is 10.2 Å². The lowest BCUT2D eigenvalue weighted by Gasteiger charge is -2.19. The number of hydrogen-bond donors (Lipinski definition) is 1. The fourth-order valence-electron chi connectivity index (χ4n) is 3.74. The number of nitrogens with one attached hydrogen (secondary N) is 1. The van der Waals surface area contributed by atoms with E-state index in [9.17, 15) is 4.79 Å². The highest BCUT2D eigenvalue weighted by Crippen LogP contribution is 2.44. The Labute approximate surface area is 124 Å². The SMILES string of the molecule is CN(C)Cc1nc(C(=O)N[C@H]2CC[C@@H]3CCC[C@@H]32)cs1. The molecule has 1 aromatic rings. The van der Waals surface area contributed by atoms with Gasteiger partial charge in [0.25, 0.3) is 5.91 Å². The van der Waals surface area contributed by atoms with Crippen molar-refractivity contribution >= 4 is 17.2 Å². The third-order valence-electron chi connectivity index (χ3n) is 4.64. The molecule has 110 valence electrons. The third kappa shape index (κ3) is 2.88. The monoisotopic (exact) mass is 293 g/mol. The Balaban J connectivity index is 1.60. The molecule has 1 heterocycles. The van der Waals surface area contributed by atoms with Gasteiger partial charge in [0.05, 0.1) is 0 Å². The quantitative estimate of drug-likeness (QED) is 0.928. The van der Waals surface area contributed by atoms with Crippen molar-refractivity contribution in [2.75, 3.05) is 14.1 Å². The molecule has 3 rings (SSSR count). The van der Waals surface area contributed by atoms with Crippen LogP contribution in [0.3, 0.4) is 0 Å². The first-order valence-corrected chi connectivity index (χ1v) is 8.41. The van der Waals surface area contributed by atoms with Crippen LogP contribution < -0.4 is 5.32 Å². The number of hydrogen-bond acceptors (Lipinski definition) is 4. The first kappa shape index (κ1) is 14.0. The second-order valence-corrected chi connectivity index (χ2v) is 7.32. The van der Waals surface area contributed by atoms with Crippen LogP contribution in [0.25, 0.3) is 0 Å². The minimum absolute atomic E-state index is 0.0174. The summed E-state index contributed by atoms with van der Waals surface area (Å²) in [7, 11) is 4.03.